The molecule has 0 aliphatic heterocycles. The molecule has 3 rings (SSSR count). The fourth-order valence-corrected chi connectivity index (χ4v) is 2.82. The van der Waals surface area contributed by atoms with Gasteiger partial charge in [-0.1, -0.05) is 0 Å². The maximum absolute atomic E-state index is 12.9. The Morgan fingerprint density at radius 3 is 2.19 bits per heavy atom. The molecule has 1 aromatic heterocycles. The van der Waals surface area contributed by atoms with Crippen LogP contribution in [0, 0.1) is 0 Å². The average molecular weight is 375 g/mol. The van der Waals surface area contributed by atoms with Gasteiger partial charge in [0.05, 0.1) is 39.6 Å². The molecular weight excluding hydrogens is 352 g/mol. The van der Waals surface area contributed by atoms with Gasteiger partial charge in [0.2, 0.25) is 5.75 Å². The summed E-state index contributed by atoms with van der Waals surface area (Å²) >= 11 is 0. The highest BCUT2D eigenvalue weighted by Crippen LogP contribution is 2.43. The monoisotopic (exact) mass is 375 g/mol. The molecule has 0 spiro atoms. The lowest BCUT2D eigenvalue weighted by Gasteiger charge is -2.14. The summed E-state index contributed by atoms with van der Waals surface area (Å²) in [5, 5.41) is 0.0294. The van der Waals surface area contributed by atoms with E-state index in [1.165, 1.54) is 40.6 Å². The minimum absolute atomic E-state index is 0.0294. The van der Waals surface area contributed by atoms with Gasteiger partial charge in [-0.15, -0.1) is 0 Å². The number of methoxy groups -OCH3 is 5. The van der Waals surface area contributed by atoms with E-state index < -0.39 is 12.5 Å². The van der Waals surface area contributed by atoms with Crippen LogP contribution in [0.3, 0.4) is 0 Å². The predicted octanol–water partition coefficient (Wildman–Crippen LogP) is 3.50. The van der Waals surface area contributed by atoms with Crippen molar-refractivity contribution >= 4 is 11.0 Å². The summed E-state index contributed by atoms with van der Waals surface area (Å²) in [6.45, 7) is 0. The number of benzene rings is 2. The van der Waals surface area contributed by atoms with Gasteiger partial charge in [0.25, 0.3) is 0 Å². The van der Waals surface area contributed by atoms with Crippen molar-refractivity contribution in [3.05, 3.63) is 40.6 Å². The van der Waals surface area contributed by atoms with E-state index in [9.17, 15) is 4.79 Å². The number of ether oxygens (including phenoxy) is 5. The van der Waals surface area contributed by atoms with Crippen LogP contribution >= 0.6 is 0 Å². The minimum atomic E-state index is -2.77. The van der Waals surface area contributed by atoms with Gasteiger partial charge in [-0.3, -0.25) is 4.79 Å². The maximum Gasteiger partial charge on any atom is 0.204 e. The normalized spacial score (nSPS) is 12.7. The molecule has 1 heterocycles. The zero-order chi connectivity index (χ0) is 22.1. The summed E-state index contributed by atoms with van der Waals surface area (Å²) in [5.41, 5.74) is 0.266. The standard InChI is InChI=1S/C20H20O7/c1-22-13-7-6-11(8-15(13)23-2)14-9-12(21)18-16(27-14)10-17(24-3)19(25-4)20(18)26-5/h6-10H,1-5H3/i4D3. The smallest absolute Gasteiger partial charge is 0.204 e. The van der Waals surface area contributed by atoms with Crippen LogP contribution in [0.1, 0.15) is 4.11 Å². The summed E-state index contributed by atoms with van der Waals surface area (Å²) in [7, 11) is 2.88. The fraction of sp³-hybridized carbons (Fsp3) is 0.250. The number of hydrogen-bond acceptors (Lipinski definition) is 7. The van der Waals surface area contributed by atoms with Crippen molar-refractivity contribution in [2.75, 3.05) is 35.5 Å². The topological polar surface area (TPSA) is 76.4 Å². The van der Waals surface area contributed by atoms with E-state index in [1.54, 1.807) is 18.2 Å². The van der Waals surface area contributed by atoms with E-state index in [-0.39, 0.29) is 34.0 Å². The molecule has 3 aromatic rings. The molecule has 0 amide bonds. The summed E-state index contributed by atoms with van der Waals surface area (Å²) in [5.74, 6) is 1.01. The molecule has 0 saturated carbocycles. The van der Waals surface area contributed by atoms with Gasteiger partial charge in [0, 0.05) is 17.7 Å². The van der Waals surface area contributed by atoms with Crippen molar-refractivity contribution in [1.82, 2.24) is 0 Å². The summed E-state index contributed by atoms with van der Waals surface area (Å²) in [6.07, 6.45) is 0. The van der Waals surface area contributed by atoms with Gasteiger partial charge in [0.1, 0.15) is 16.7 Å². The number of rotatable bonds is 6. The largest absolute Gasteiger partial charge is 0.493 e. The van der Waals surface area contributed by atoms with E-state index in [4.69, 9.17) is 32.2 Å². The van der Waals surface area contributed by atoms with Crippen LogP contribution in [0.5, 0.6) is 28.7 Å². The first kappa shape index (κ1) is 14.8. The number of hydrogen-bond donors (Lipinski definition) is 0. The molecule has 0 atom stereocenters. The van der Waals surface area contributed by atoms with Crippen molar-refractivity contribution in [3.8, 4) is 40.1 Å². The van der Waals surface area contributed by atoms with Crippen LogP contribution in [-0.4, -0.2) is 35.5 Å². The van der Waals surface area contributed by atoms with Crippen molar-refractivity contribution in [3.63, 3.8) is 0 Å². The van der Waals surface area contributed by atoms with Crippen LogP contribution in [0.25, 0.3) is 22.3 Å². The molecule has 0 fully saturated rings. The molecule has 0 aliphatic rings. The Labute approximate surface area is 160 Å². The van der Waals surface area contributed by atoms with E-state index in [0.717, 1.165) is 0 Å². The maximum atomic E-state index is 12.9. The Kier molecular flexibility index (Phi) is 4.10. The van der Waals surface area contributed by atoms with E-state index in [2.05, 4.69) is 0 Å². The van der Waals surface area contributed by atoms with Crippen molar-refractivity contribution in [2.45, 2.75) is 0 Å². The predicted molar refractivity (Wildman–Crippen MR) is 101 cm³/mol. The lowest BCUT2D eigenvalue weighted by atomic mass is 10.1. The second kappa shape index (κ2) is 7.49. The highest BCUT2D eigenvalue weighted by atomic mass is 16.5. The van der Waals surface area contributed by atoms with Crippen LogP contribution in [-0.2, 0) is 0 Å². The third kappa shape index (κ3) is 3.12. The molecule has 0 N–H and O–H groups in total. The third-order valence-electron chi connectivity index (χ3n) is 4.09. The molecule has 2 aromatic carbocycles. The second-order valence-corrected chi connectivity index (χ2v) is 5.46. The highest BCUT2D eigenvalue weighted by Gasteiger charge is 2.21. The van der Waals surface area contributed by atoms with Gasteiger partial charge >= 0.3 is 0 Å². The average Bonchev–Trinajstić information content (AvgIpc) is 2.71. The van der Waals surface area contributed by atoms with Gasteiger partial charge in [-0.2, -0.15) is 0 Å². The van der Waals surface area contributed by atoms with Crippen LogP contribution < -0.4 is 29.1 Å². The van der Waals surface area contributed by atoms with Crippen LogP contribution in [0.2, 0.25) is 0 Å². The Bertz CT molecular complexity index is 1140. The van der Waals surface area contributed by atoms with Gasteiger partial charge in [0.15, 0.2) is 28.4 Å². The van der Waals surface area contributed by atoms with Crippen molar-refractivity contribution in [2.24, 2.45) is 0 Å². The van der Waals surface area contributed by atoms with Gasteiger partial charge in [-0.05, 0) is 18.2 Å². The van der Waals surface area contributed by atoms with Gasteiger partial charge in [-0.25, -0.2) is 0 Å². The molecule has 142 valence electrons. The van der Waals surface area contributed by atoms with E-state index in [1.807, 2.05) is 0 Å². The molecule has 0 unspecified atom stereocenters. The Morgan fingerprint density at radius 2 is 1.56 bits per heavy atom. The number of fused-ring (bicyclic) bond motifs is 1. The minimum Gasteiger partial charge on any atom is -0.493 e. The lowest BCUT2D eigenvalue weighted by molar-refractivity contribution is 0.326. The first-order chi connectivity index (χ1) is 14.2. The van der Waals surface area contributed by atoms with Crippen molar-refractivity contribution in [1.29, 1.82) is 0 Å². The van der Waals surface area contributed by atoms with E-state index >= 15 is 0 Å². The zero-order valence-corrected chi connectivity index (χ0v) is 15.2. The molecule has 0 radical (unpaired) electrons. The Morgan fingerprint density at radius 1 is 0.815 bits per heavy atom. The summed E-state index contributed by atoms with van der Waals surface area (Å²) in [4.78, 5) is 12.9. The van der Waals surface area contributed by atoms with E-state index in [0.29, 0.717) is 17.1 Å². The van der Waals surface area contributed by atoms with Gasteiger partial charge < -0.3 is 28.1 Å². The molecular formula is C20H20O7. The highest BCUT2D eigenvalue weighted by molar-refractivity contribution is 5.90. The summed E-state index contributed by atoms with van der Waals surface area (Å²) in [6, 6.07) is 7.73. The molecule has 0 bridgehead atoms. The lowest BCUT2D eigenvalue weighted by Crippen LogP contribution is -2.05. The molecule has 27 heavy (non-hydrogen) atoms. The first-order valence-corrected chi connectivity index (χ1v) is 7.86. The molecule has 7 nitrogen and oxygen atoms in total. The van der Waals surface area contributed by atoms with Crippen LogP contribution in [0.15, 0.2) is 39.5 Å². The molecule has 7 heteroatoms. The fourth-order valence-electron chi connectivity index (χ4n) is 2.82. The summed E-state index contributed by atoms with van der Waals surface area (Å²) < 4.78 is 54.1. The molecule has 0 saturated heterocycles. The molecule has 0 aliphatic carbocycles. The quantitative estimate of drug-likeness (QED) is 0.652. The SMILES string of the molecule is [2H]C([2H])([2H])Oc1c(OC)cc2oc(-c3ccc(OC)c(OC)c3)cc(=O)c2c1OC. The van der Waals surface area contributed by atoms with Crippen LogP contribution in [0.4, 0.5) is 0 Å². The Balaban J connectivity index is 2.26. The first-order valence-electron chi connectivity index (χ1n) is 9.36. The second-order valence-electron chi connectivity index (χ2n) is 5.46. The van der Waals surface area contributed by atoms with Crippen molar-refractivity contribution < 1.29 is 32.2 Å². The Hall–Kier alpha value is -3.35. The zero-order valence-electron chi connectivity index (χ0n) is 18.2. The third-order valence-corrected chi connectivity index (χ3v) is 4.09.